The summed E-state index contributed by atoms with van der Waals surface area (Å²) in [5.41, 5.74) is 3.25. The van der Waals surface area contributed by atoms with Crippen LogP contribution in [0.25, 0.3) is 22.6 Å². The predicted molar refractivity (Wildman–Crippen MR) is 118 cm³/mol. The van der Waals surface area contributed by atoms with Crippen LogP contribution in [0.5, 0.6) is 11.6 Å². The topological polar surface area (TPSA) is 83.7 Å². The van der Waals surface area contributed by atoms with E-state index >= 15 is 0 Å². The monoisotopic (exact) mass is 430 g/mol. The molecular weight excluding hydrogens is 408 g/mol. The largest absolute Gasteiger partial charge is 0.489 e. The summed E-state index contributed by atoms with van der Waals surface area (Å²) in [4.78, 5) is 20.0. The zero-order chi connectivity index (χ0) is 22.3. The molecule has 0 amide bonds. The van der Waals surface area contributed by atoms with Gasteiger partial charge in [-0.05, 0) is 35.9 Å². The van der Waals surface area contributed by atoms with Crippen LogP contribution in [0.1, 0.15) is 18.4 Å². The Kier molecular flexibility index (Phi) is 6.46. The minimum absolute atomic E-state index is 0.0514. The number of benzene rings is 2. The first-order valence-corrected chi connectivity index (χ1v) is 10.0. The number of esters is 1. The Bertz CT molecular complexity index is 1170. The van der Waals surface area contributed by atoms with Gasteiger partial charge in [0.1, 0.15) is 18.1 Å². The predicted octanol–water partition coefficient (Wildman–Crippen LogP) is 5.05. The van der Waals surface area contributed by atoms with Crippen molar-refractivity contribution >= 4 is 5.97 Å². The molecule has 0 unspecified atom stereocenters. The number of ether oxygens (including phenoxy) is 3. The molecule has 0 spiro atoms. The molecular formula is C25H22N2O5. The molecule has 0 aliphatic heterocycles. The first-order chi connectivity index (χ1) is 15.6. The van der Waals surface area contributed by atoms with E-state index in [1.165, 1.54) is 6.92 Å². The maximum absolute atomic E-state index is 11.2. The van der Waals surface area contributed by atoms with Crippen molar-refractivity contribution in [1.82, 2.24) is 9.97 Å². The SMILES string of the molecule is COc1ccc(-c2nc(COC(C)=O)oc2-c2ccc(OCc3ccccc3)cc2)cn1. The third kappa shape index (κ3) is 5.13. The molecule has 0 fully saturated rings. The fraction of sp³-hybridized carbons (Fsp3) is 0.160. The van der Waals surface area contributed by atoms with E-state index in [1.54, 1.807) is 19.4 Å². The number of pyridine rings is 1. The van der Waals surface area contributed by atoms with Crippen molar-refractivity contribution in [3.05, 3.63) is 84.4 Å². The Morgan fingerprint density at radius 1 is 0.938 bits per heavy atom. The van der Waals surface area contributed by atoms with Crippen LogP contribution in [-0.2, 0) is 22.7 Å². The number of carbonyl (C=O) groups is 1. The van der Waals surface area contributed by atoms with Gasteiger partial charge in [-0.2, -0.15) is 0 Å². The summed E-state index contributed by atoms with van der Waals surface area (Å²) in [6.45, 7) is 1.77. The van der Waals surface area contributed by atoms with Crippen molar-refractivity contribution in [2.45, 2.75) is 20.1 Å². The molecule has 0 N–H and O–H groups in total. The van der Waals surface area contributed by atoms with Gasteiger partial charge in [0.25, 0.3) is 0 Å². The third-order valence-electron chi connectivity index (χ3n) is 4.65. The molecule has 0 aliphatic rings. The molecule has 0 saturated heterocycles. The molecule has 2 heterocycles. The van der Waals surface area contributed by atoms with E-state index in [1.807, 2.05) is 60.7 Å². The smallest absolute Gasteiger partial charge is 0.303 e. The molecule has 0 radical (unpaired) electrons. The molecule has 2 aromatic carbocycles. The van der Waals surface area contributed by atoms with Gasteiger partial charge < -0.3 is 18.6 Å². The van der Waals surface area contributed by atoms with Gasteiger partial charge in [-0.25, -0.2) is 9.97 Å². The van der Waals surface area contributed by atoms with Crippen LogP contribution in [0.15, 0.2) is 77.3 Å². The highest BCUT2D eigenvalue weighted by molar-refractivity contribution is 5.77. The normalized spacial score (nSPS) is 10.6. The van der Waals surface area contributed by atoms with Gasteiger partial charge in [-0.15, -0.1) is 0 Å². The van der Waals surface area contributed by atoms with E-state index < -0.39 is 5.97 Å². The van der Waals surface area contributed by atoms with Gasteiger partial charge in [0.2, 0.25) is 11.8 Å². The van der Waals surface area contributed by atoms with Crippen molar-refractivity contribution < 1.29 is 23.4 Å². The highest BCUT2D eigenvalue weighted by Gasteiger charge is 2.18. The quantitative estimate of drug-likeness (QED) is 0.362. The molecule has 0 bridgehead atoms. The van der Waals surface area contributed by atoms with Crippen LogP contribution in [-0.4, -0.2) is 23.0 Å². The van der Waals surface area contributed by atoms with Crippen LogP contribution < -0.4 is 9.47 Å². The Morgan fingerprint density at radius 2 is 1.69 bits per heavy atom. The van der Waals surface area contributed by atoms with Crippen LogP contribution in [0.4, 0.5) is 0 Å². The number of aromatic nitrogens is 2. The van der Waals surface area contributed by atoms with Crippen LogP contribution in [0, 0.1) is 0 Å². The lowest BCUT2D eigenvalue weighted by Crippen LogP contribution is -1.98. The molecule has 4 aromatic rings. The van der Waals surface area contributed by atoms with Gasteiger partial charge in [-0.3, -0.25) is 4.79 Å². The minimum atomic E-state index is -0.405. The second-order valence-electron chi connectivity index (χ2n) is 6.95. The zero-order valence-electron chi connectivity index (χ0n) is 17.8. The zero-order valence-corrected chi connectivity index (χ0v) is 17.8. The molecule has 7 nitrogen and oxygen atoms in total. The van der Waals surface area contributed by atoms with Gasteiger partial charge >= 0.3 is 5.97 Å². The average molecular weight is 430 g/mol. The maximum atomic E-state index is 11.2. The Balaban J connectivity index is 1.59. The molecule has 0 saturated carbocycles. The lowest BCUT2D eigenvalue weighted by Gasteiger charge is -2.07. The summed E-state index contributed by atoms with van der Waals surface area (Å²) < 4.78 is 22.0. The van der Waals surface area contributed by atoms with Crippen molar-refractivity contribution in [3.63, 3.8) is 0 Å². The Morgan fingerprint density at radius 3 is 2.34 bits per heavy atom. The Hall–Kier alpha value is -4.13. The van der Waals surface area contributed by atoms with E-state index in [-0.39, 0.29) is 6.61 Å². The second-order valence-corrected chi connectivity index (χ2v) is 6.95. The van der Waals surface area contributed by atoms with Gasteiger partial charge in [0.15, 0.2) is 12.4 Å². The first-order valence-electron chi connectivity index (χ1n) is 10.0. The number of hydrogen-bond donors (Lipinski definition) is 0. The van der Waals surface area contributed by atoms with E-state index in [4.69, 9.17) is 18.6 Å². The van der Waals surface area contributed by atoms with Crippen LogP contribution in [0.2, 0.25) is 0 Å². The van der Waals surface area contributed by atoms with Crippen LogP contribution >= 0.6 is 0 Å². The number of hydrogen-bond acceptors (Lipinski definition) is 7. The average Bonchev–Trinajstić information content (AvgIpc) is 3.27. The molecule has 2 aromatic heterocycles. The van der Waals surface area contributed by atoms with Gasteiger partial charge in [0, 0.05) is 30.3 Å². The molecule has 0 atom stereocenters. The van der Waals surface area contributed by atoms with E-state index in [9.17, 15) is 4.79 Å². The lowest BCUT2D eigenvalue weighted by molar-refractivity contribution is -0.142. The molecule has 7 heteroatoms. The minimum Gasteiger partial charge on any atom is -0.489 e. The number of oxazole rings is 1. The summed E-state index contributed by atoms with van der Waals surface area (Å²) in [6.07, 6.45) is 1.66. The molecule has 32 heavy (non-hydrogen) atoms. The van der Waals surface area contributed by atoms with E-state index in [2.05, 4.69) is 9.97 Å². The van der Waals surface area contributed by atoms with Crippen molar-refractivity contribution in [2.24, 2.45) is 0 Å². The highest BCUT2D eigenvalue weighted by atomic mass is 16.5. The number of rotatable bonds is 8. The van der Waals surface area contributed by atoms with Crippen molar-refractivity contribution in [3.8, 4) is 34.2 Å². The summed E-state index contributed by atoms with van der Waals surface area (Å²) in [5.74, 6) is 1.68. The fourth-order valence-electron chi connectivity index (χ4n) is 3.07. The number of methoxy groups -OCH3 is 1. The van der Waals surface area contributed by atoms with Gasteiger partial charge in [-0.1, -0.05) is 30.3 Å². The molecule has 4 rings (SSSR count). The highest BCUT2D eigenvalue weighted by Crippen LogP contribution is 2.34. The van der Waals surface area contributed by atoms with E-state index in [0.29, 0.717) is 29.8 Å². The second kappa shape index (κ2) is 9.78. The lowest BCUT2D eigenvalue weighted by atomic mass is 10.1. The van der Waals surface area contributed by atoms with Crippen molar-refractivity contribution in [2.75, 3.05) is 7.11 Å². The summed E-state index contributed by atoms with van der Waals surface area (Å²) in [7, 11) is 1.56. The standard InChI is InChI=1S/C25H22N2O5/c1-17(28)30-16-23-27-24(20-10-13-22(29-2)26-14-20)25(32-23)19-8-11-21(12-9-19)31-15-18-6-4-3-5-7-18/h3-14H,15-16H2,1-2H3. The van der Waals surface area contributed by atoms with Crippen LogP contribution in [0.3, 0.4) is 0 Å². The summed E-state index contributed by atoms with van der Waals surface area (Å²) in [6, 6.07) is 21.1. The van der Waals surface area contributed by atoms with Crippen molar-refractivity contribution in [1.29, 1.82) is 0 Å². The van der Waals surface area contributed by atoms with Gasteiger partial charge in [0.05, 0.1) is 7.11 Å². The number of carbonyl (C=O) groups excluding carboxylic acids is 1. The first kappa shape index (κ1) is 21.1. The third-order valence-corrected chi connectivity index (χ3v) is 4.65. The number of nitrogens with zero attached hydrogens (tertiary/aromatic N) is 2. The summed E-state index contributed by atoms with van der Waals surface area (Å²) >= 11 is 0. The molecule has 0 aliphatic carbocycles. The van der Waals surface area contributed by atoms with E-state index in [0.717, 1.165) is 22.4 Å². The fourth-order valence-corrected chi connectivity index (χ4v) is 3.07. The summed E-state index contributed by atoms with van der Waals surface area (Å²) in [5, 5.41) is 0. The maximum Gasteiger partial charge on any atom is 0.303 e. The molecule has 162 valence electrons. The Labute approximate surface area is 185 Å².